The predicted octanol–water partition coefficient (Wildman–Crippen LogP) is 8.72. The first-order chi connectivity index (χ1) is 27.8. The van der Waals surface area contributed by atoms with Crippen molar-refractivity contribution >= 4 is 69.0 Å². The van der Waals surface area contributed by atoms with Crippen molar-refractivity contribution in [2.24, 2.45) is 0 Å². The molecule has 0 aromatic heterocycles. The van der Waals surface area contributed by atoms with Gasteiger partial charge in [0, 0.05) is 17.1 Å². The van der Waals surface area contributed by atoms with Crippen LogP contribution < -0.4 is 46.8 Å². The first-order valence-electron chi connectivity index (χ1n) is 20.1. The first kappa shape index (κ1) is 33.9. The molecule has 3 heterocycles. The van der Waals surface area contributed by atoms with Crippen LogP contribution in [0.3, 0.4) is 0 Å². The van der Waals surface area contributed by atoms with Crippen molar-refractivity contribution in [3.05, 3.63) is 193 Å². The third kappa shape index (κ3) is 5.03. The van der Waals surface area contributed by atoms with Crippen LogP contribution in [0, 0.1) is 6.92 Å². The smallest absolute Gasteiger partial charge is 0.256 e. The zero-order valence-corrected chi connectivity index (χ0v) is 33.8. The van der Waals surface area contributed by atoms with Gasteiger partial charge in [0.05, 0.1) is 0 Å². The van der Waals surface area contributed by atoms with Crippen molar-refractivity contribution in [1.29, 1.82) is 0 Å². The topological polar surface area (TPSA) is 12.5 Å². The maximum Gasteiger partial charge on any atom is 0.256 e. The van der Waals surface area contributed by atoms with E-state index in [1.54, 1.807) is 0 Å². The minimum atomic E-state index is -2.75. The molecular formula is C53H42BNOSi. The Balaban J connectivity index is 1.24. The summed E-state index contributed by atoms with van der Waals surface area (Å²) in [4.78, 5) is 2.54. The average Bonchev–Trinajstić information content (AvgIpc) is 3.53. The summed E-state index contributed by atoms with van der Waals surface area (Å²) < 4.78 is 7.01. The number of aryl methyl sites for hydroxylation is 1. The molecule has 0 atom stereocenters. The van der Waals surface area contributed by atoms with Gasteiger partial charge in [-0.25, -0.2) is 0 Å². The highest BCUT2D eigenvalue weighted by Crippen LogP contribution is 2.44. The Hall–Kier alpha value is -6.36. The second-order valence-corrected chi connectivity index (χ2v) is 20.7. The molecular weight excluding hydrogens is 705 g/mol. The lowest BCUT2D eigenvalue weighted by Crippen LogP contribution is -2.73. The molecule has 0 bridgehead atoms. The van der Waals surface area contributed by atoms with Gasteiger partial charge in [0.15, 0.2) is 8.07 Å². The number of anilines is 3. The van der Waals surface area contributed by atoms with Crippen LogP contribution in [-0.4, -0.2) is 14.8 Å². The number of benzene rings is 8. The third-order valence-corrected chi connectivity index (χ3v) is 17.5. The SMILES string of the molecule is Cc1cc2c3c(c1)N(c1ccc(C(C)(C)C)cc1)c1cc4c(cc1B3c1ccc(-c3ccccc3)cc1O2)-c1ccccc1[Si]4(c1ccccc1)c1ccccc1. The Morgan fingerprint density at radius 3 is 1.84 bits per heavy atom. The molecule has 57 heavy (non-hydrogen) atoms. The molecule has 8 aromatic carbocycles. The van der Waals surface area contributed by atoms with Gasteiger partial charge in [0.25, 0.3) is 6.71 Å². The van der Waals surface area contributed by atoms with E-state index in [2.05, 4.69) is 215 Å². The number of hydrogen-bond donors (Lipinski definition) is 0. The van der Waals surface area contributed by atoms with Crippen molar-refractivity contribution in [2.75, 3.05) is 4.90 Å². The molecule has 11 rings (SSSR count). The number of ether oxygens (including phenoxy) is 1. The standard InChI is InChI=1S/C53H42BNOSi/c1-35-30-47-52-49(31-35)56-48-32-37(36-16-8-5-9-17-36)24-29-44(48)54(52)45-33-43-42-22-14-15-23-50(42)57(40-18-10-6-11-19-40,41-20-12-7-13-21-41)51(43)34-46(45)55(47)39-27-25-38(26-28-39)53(2,3)4/h5-34H,1-4H3. The lowest BCUT2D eigenvalue weighted by Gasteiger charge is -2.41. The van der Waals surface area contributed by atoms with Gasteiger partial charge >= 0.3 is 0 Å². The molecule has 0 saturated heterocycles. The van der Waals surface area contributed by atoms with Crippen LogP contribution in [0.5, 0.6) is 11.5 Å². The molecule has 0 amide bonds. The van der Waals surface area contributed by atoms with E-state index in [-0.39, 0.29) is 12.1 Å². The van der Waals surface area contributed by atoms with Crippen molar-refractivity contribution in [3.63, 3.8) is 0 Å². The molecule has 8 aromatic rings. The second-order valence-electron chi connectivity index (χ2n) is 17.0. The normalized spacial score (nSPS) is 14.2. The van der Waals surface area contributed by atoms with E-state index in [1.807, 2.05) is 0 Å². The van der Waals surface area contributed by atoms with Gasteiger partial charge in [-0.15, -0.1) is 0 Å². The van der Waals surface area contributed by atoms with Crippen LogP contribution >= 0.6 is 0 Å². The highest BCUT2D eigenvalue weighted by Gasteiger charge is 2.51. The monoisotopic (exact) mass is 747 g/mol. The van der Waals surface area contributed by atoms with Crippen LogP contribution in [0.4, 0.5) is 17.1 Å². The van der Waals surface area contributed by atoms with Crippen molar-refractivity contribution in [3.8, 4) is 33.8 Å². The Morgan fingerprint density at radius 2 is 1.16 bits per heavy atom. The first-order valence-corrected chi connectivity index (χ1v) is 22.1. The quantitative estimate of drug-likeness (QED) is 0.167. The van der Waals surface area contributed by atoms with E-state index >= 15 is 0 Å². The fraction of sp³-hybridized carbons (Fsp3) is 0.0943. The molecule has 2 nitrogen and oxygen atoms in total. The maximum absolute atomic E-state index is 7.01. The summed E-state index contributed by atoms with van der Waals surface area (Å²) in [6.07, 6.45) is 0. The van der Waals surface area contributed by atoms with E-state index in [9.17, 15) is 0 Å². The van der Waals surface area contributed by atoms with Crippen molar-refractivity contribution in [1.82, 2.24) is 0 Å². The molecule has 0 N–H and O–H groups in total. The van der Waals surface area contributed by atoms with Crippen LogP contribution in [0.2, 0.25) is 0 Å². The lowest BCUT2D eigenvalue weighted by molar-refractivity contribution is 0.487. The summed E-state index contributed by atoms with van der Waals surface area (Å²) in [5.74, 6) is 1.87. The number of hydrogen-bond acceptors (Lipinski definition) is 2. The zero-order chi connectivity index (χ0) is 38.5. The molecule has 0 saturated carbocycles. The van der Waals surface area contributed by atoms with Gasteiger partial charge in [-0.1, -0.05) is 166 Å². The lowest BCUT2D eigenvalue weighted by atomic mass is 9.34. The summed E-state index contributed by atoms with van der Waals surface area (Å²) in [5.41, 5.74) is 14.9. The number of nitrogens with zero attached hydrogens (tertiary/aromatic N) is 1. The van der Waals surface area contributed by atoms with Crippen molar-refractivity contribution in [2.45, 2.75) is 33.1 Å². The zero-order valence-electron chi connectivity index (χ0n) is 32.8. The van der Waals surface area contributed by atoms with Crippen LogP contribution in [0.1, 0.15) is 31.9 Å². The molecule has 0 unspecified atom stereocenters. The van der Waals surface area contributed by atoms with E-state index in [0.29, 0.717) is 0 Å². The Labute approximate surface area is 337 Å². The Bertz CT molecular complexity index is 2820. The molecule has 4 heteroatoms. The van der Waals surface area contributed by atoms with Gasteiger partial charge in [0.2, 0.25) is 0 Å². The molecule has 0 radical (unpaired) electrons. The Morgan fingerprint density at radius 1 is 0.509 bits per heavy atom. The van der Waals surface area contributed by atoms with Gasteiger partial charge in [-0.05, 0) is 119 Å². The van der Waals surface area contributed by atoms with Gasteiger partial charge < -0.3 is 9.64 Å². The van der Waals surface area contributed by atoms with Gasteiger partial charge in [0.1, 0.15) is 11.5 Å². The van der Waals surface area contributed by atoms with E-state index < -0.39 is 8.07 Å². The highest BCUT2D eigenvalue weighted by molar-refractivity contribution is 7.22. The molecule has 3 aliphatic rings. The summed E-state index contributed by atoms with van der Waals surface area (Å²) in [6, 6.07) is 68.4. The van der Waals surface area contributed by atoms with E-state index in [0.717, 1.165) is 22.7 Å². The van der Waals surface area contributed by atoms with E-state index in [1.165, 1.54) is 76.3 Å². The Kier molecular flexibility index (Phi) is 7.49. The van der Waals surface area contributed by atoms with Crippen LogP contribution in [0.25, 0.3) is 22.3 Å². The minimum Gasteiger partial charge on any atom is -0.458 e. The van der Waals surface area contributed by atoms with Crippen LogP contribution in [0.15, 0.2) is 182 Å². The summed E-state index contributed by atoms with van der Waals surface area (Å²) >= 11 is 0. The summed E-state index contributed by atoms with van der Waals surface area (Å²) in [5, 5.41) is 5.71. The van der Waals surface area contributed by atoms with Gasteiger partial charge in [-0.3, -0.25) is 0 Å². The minimum absolute atomic E-state index is 0.00755. The molecule has 3 aliphatic heterocycles. The number of fused-ring (bicyclic) bond motifs is 7. The van der Waals surface area contributed by atoms with Crippen molar-refractivity contribution < 1.29 is 4.74 Å². The molecule has 0 fully saturated rings. The third-order valence-electron chi connectivity index (χ3n) is 12.6. The van der Waals surface area contributed by atoms with Crippen LogP contribution in [-0.2, 0) is 5.41 Å². The molecule has 272 valence electrons. The molecule has 0 aliphatic carbocycles. The highest BCUT2D eigenvalue weighted by atomic mass is 28.3. The van der Waals surface area contributed by atoms with E-state index in [4.69, 9.17) is 4.74 Å². The predicted molar refractivity (Wildman–Crippen MR) is 244 cm³/mol. The maximum atomic E-state index is 7.01. The summed E-state index contributed by atoms with van der Waals surface area (Å²) in [7, 11) is -2.75. The van der Waals surface area contributed by atoms with Gasteiger partial charge in [-0.2, -0.15) is 0 Å². The number of rotatable bonds is 4. The average molecular weight is 748 g/mol. The molecule has 0 spiro atoms. The summed E-state index contributed by atoms with van der Waals surface area (Å²) in [6.45, 7) is 9.05. The fourth-order valence-electron chi connectivity index (χ4n) is 10.0. The largest absolute Gasteiger partial charge is 0.458 e. The fourth-order valence-corrected chi connectivity index (χ4v) is 15.2. The second kappa shape index (κ2) is 12.6.